The first kappa shape index (κ1) is 17.6. The number of aliphatic hydroxyl groups excluding tert-OH is 1. The maximum atomic E-state index is 13.3. The third kappa shape index (κ3) is 6.23. The number of hydrogen-bond donors (Lipinski definition) is 2. The van der Waals surface area contributed by atoms with Crippen LogP contribution in [-0.4, -0.2) is 23.7 Å². The molecule has 0 saturated carbocycles. The van der Waals surface area contributed by atoms with Crippen molar-refractivity contribution in [3.8, 4) is 0 Å². The third-order valence-electron chi connectivity index (χ3n) is 3.11. The molecule has 0 amide bonds. The highest BCUT2D eigenvalue weighted by Gasteiger charge is 2.17. The van der Waals surface area contributed by atoms with Crippen molar-refractivity contribution in [3.05, 3.63) is 35.1 Å². The van der Waals surface area contributed by atoms with E-state index in [0.29, 0.717) is 12.0 Å². The molecule has 21 heavy (non-hydrogen) atoms. The standard InChI is InChI=1S/C11H14FNO.C5H10O2/c12-10-6-8(3-4-9(10)7-14)11-2-1-5-13-11;1-5(2,3)7-4-6/h3-4,6,11,13-14H,1-2,5,7H2;4H,1-3H3. The molecule has 1 unspecified atom stereocenters. The van der Waals surface area contributed by atoms with Crippen LogP contribution in [0, 0.1) is 5.82 Å². The van der Waals surface area contributed by atoms with Crippen LogP contribution in [0.1, 0.15) is 50.8 Å². The summed E-state index contributed by atoms with van der Waals surface area (Å²) < 4.78 is 17.9. The van der Waals surface area contributed by atoms with Gasteiger partial charge in [-0.1, -0.05) is 12.1 Å². The zero-order valence-corrected chi connectivity index (χ0v) is 12.9. The summed E-state index contributed by atoms with van der Waals surface area (Å²) in [4.78, 5) is 9.60. The first-order valence-electron chi connectivity index (χ1n) is 7.11. The fourth-order valence-electron chi connectivity index (χ4n) is 2.02. The quantitative estimate of drug-likeness (QED) is 0.842. The molecular weight excluding hydrogens is 273 g/mol. The molecule has 1 aromatic carbocycles. The Morgan fingerprint density at radius 2 is 2.19 bits per heavy atom. The fourth-order valence-corrected chi connectivity index (χ4v) is 2.02. The molecule has 1 saturated heterocycles. The normalized spacial score (nSPS) is 17.9. The Labute approximate surface area is 125 Å². The van der Waals surface area contributed by atoms with E-state index in [1.807, 2.05) is 26.8 Å². The molecule has 0 aromatic heterocycles. The number of benzene rings is 1. The molecule has 1 aliphatic heterocycles. The van der Waals surface area contributed by atoms with Gasteiger partial charge in [0.1, 0.15) is 11.4 Å². The maximum Gasteiger partial charge on any atom is 0.293 e. The first-order chi connectivity index (χ1) is 9.87. The van der Waals surface area contributed by atoms with E-state index in [1.54, 1.807) is 6.07 Å². The molecule has 1 atom stereocenters. The van der Waals surface area contributed by atoms with Crippen molar-refractivity contribution >= 4 is 6.47 Å². The van der Waals surface area contributed by atoms with Crippen molar-refractivity contribution in [2.24, 2.45) is 0 Å². The number of carbonyl (C=O) groups excluding carboxylic acids is 1. The number of aliphatic hydroxyl groups is 1. The van der Waals surface area contributed by atoms with E-state index >= 15 is 0 Å². The Bertz CT molecular complexity index is 451. The lowest BCUT2D eigenvalue weighted by atomic mass is 10.0. The zero-order chi connectivity index (χ0) is 15.9. The lowest BCUT2D eigenvalue weighted by Gasteiger charge is -2.14. The summed E-state index contributed by atoms with van der Waals surface area (Å²) in [5, 5.41) is 12.1. The Morgan fingerprint density at radius 3 is 2.57 bits per heavy atom. The second-order valence-corrected chi connectivity index (χ2v) is 5.98. The van der Waals surface area contributed by atoms with Crippen LogP contribution in [0.2, 0.25) is 0 Å². The molecule has 0 bridgehead atoms. The van der Waals surface area contributed by atoms with Crippen LogP contribution in [0.5, 0.6) is 0 Å². The second-order valence-electron chi connectivity index (χ2n) is 5.98. The van der Waals surface area contributed by atoms with Crippen molar-refractivity contribution in [1.82, 2.24) is 5.32 Å². The molecule has 4 nitrogen and oxygen atoms in total. The highest BCUT2D eigenvalue weighted by atomic mass is 19.1. The second kappa shape index (κ2) is 8.10. The smallest absolute Gasteiger partial charge is 0.293 e. The minimum absolute atomic E-state index is 0.232. The fraction of sp³-hybridized carbons (Fsp3) is 0.562. The molecule has 1 aliphatic rings. The number of halogens is 1. The molecule has 1 aromatic rings. The summed E-state index contributed by atoms with van der Waals surface area (Å²) in [6.45, 7) is 6.70. The van der Waals surface area contributed by atoms with Gasteiger partial charge in [0.25, 0.3) is 6.47 Å². The van der Waals surface area contributed by atoms with Gasteiger partial charge < -0.3 is 15.2 Å². The predicted molar refractivity (Wildman–Crippen MR) is 79.2 cm³/mol. The van der Waals surface area contributed by atoms with Crippen molar-refractivity contribution in [2.45, 2.75) is 51.9 Å². The summed E-state index contributed by atoms with van der Waals surface area (Å²) in [6.07, 6.45) is 2.21. The molecule has 2 N–H and O–H groups in total. The average molecular weight is 297 g/mol. The lowest BCUT2D eigenvalue weighted by molar-refractivity contribution is -0.138. The highest BCUT2D eigenvalue weighted by Crippen LogP contribution is 2.24. The summed E-state index contributed by atoms with van der Waals surface area (Å²) >= 11 is 0. The van der Waals surface area contributed by atoms with E-state index in [1.165, 1.54) is 6.07 Å². The van der Waals surface area contributed by atoms with Gasteiger partial charge in [-0.2, -0.15) is 0 Å². The van der Waals surface area contributed by atoms with Gasteiger partial charge in [-0.05, 0) is 51.8 Å². The molecule has 1 heterocycles. The molecule has 0 radical (unpaired) electrons. The summed E-state index contributed by atoms with van der Waals surface area (Å²) in [6, 6.07) is 5.36. The van der Waals surface area contributed by atoms with Gasteiger partial charge in [0, 0.05) is 11.6 Å². The van der Waals surface area contributed by atoms with Crippen LogP contribution in [-0.2, 0) is 16.1 Å². The molecule has 118 valence electrons. The predicted octanol–water partition coefficient (Wildman–Crippen LogP) is 2.70. The Morgan fingerprint density at radius 1 is 1.48 bits per heavy atom. The van der Waals surface area contributed by atoms with Crippen molar-refractivity contribution in [3.63, 3.8) is 0 Å². The van der Waals surface area contributed by atoms with E-state index in [9.17, 15) is 9.18 Å². The molecule has 5 heteroatoms. The van der Waals surface area contributed by atoms with Crippen molar-refractivity contribution in [1.29, 1.82) is 0 Å². The number of hydrogen-bond acceptors (Lipinski definition) is 4. The zero-order valence-electron chi connectivity index (χ0n) is 12.9. The molecule has 0 aliphatic carbocycles. The summed E-state index contributed by atoms with van der Waals surface area (Å²) in [5.74, 6) is -0.307. The van der Waals surface area contributed by atoms with Crippen LogP contribution < -0.4 is 5.32 Å². The number of nitrogens with one attached hydrogen (secondary N) is 1. The van der Waals surface area contributed by atoms with E-state index in [4.69, 9.17) is 5.11 Å². The third-order valence-corrected chi connectivity index (χ3v) is 3.11. The van der Waals surface area contributed by atoms with E-state index in [-0.39, 0.29) is 24.1 Å². The molecular formula is C16H24FNO3. The van der Waals surface area contributed by atoms with Crippen molar-refractivity contribution in [2.75, 3.05) is 6.54 Å². The van der Waals surface area contributed by atoms with Crippen LogP contribution in [0.25, 0.3) is 0 Å². The topological polar surface area (TPSA) is 58.6 Å². The van der Waals surface area contributed by atoms with Gasteiger partial charge in [0.2, 0.25) is 0 Å². The lowest BCUT2D eigenvalue weighted by Crippen LogP contribution is -2.17. The van der Waals surface area contributed by atoms with Crippen LogP contribution in [0.4, 0.5) is 4.39 Å². The summed E-state index contributed by atoms with van der Waals surface area (Å²) in [5.41, 5.74) is 1.03. The molecule has 0 spiro atoms. The monoisotopic (exact) mass is 297 g/mol. The minimum Gasteiger partial charge on any atom is -0.462 e. The van der Waals surface area contributed by atoms with E-state index < -0.39 is 0 Å². The van der Waals surface area contributed by atoms with Gasteiger partial charge in [-0.25, -0.2) is 4.39 Å². The van der Waals surface area contributed by atoms with Gasteiger partial charge in [0.05, 0.1) is 6.61 Å². The van der Waals surface area contributed by atoms with Gasteiger partial charge >= 0.3 is 0 Å². The minimum atomic E-state index is -0.318. The van der Waals surface area contributed by atoms with E-state index in [2.05, 4.69) is 10.1 Å². The summed E-state index contributed by atoms with van der Waals surface area (Å²) in [7, 11) is 0. The largest absolute Gasteiger partial charge is 0.462 e. The number of ether oxygens (including phenoxy) is 1. The van der Waals surface area contributed by atoms with Gasteiger partial charge in [0.15, 0.2) is 0 Å². The van der Waals surface area contributed by atoms with E-state index in [0.717, 1.165) is 24.9 Å². The average Bonchev–Trinajstić information content (AvgIpc) is 2.91. The van der Waals surface area contributed by atoms with Crippen molar-refractivity contribution < 1.29 is 19.0 Å². The number of rotatable bonds is 3. The Hall–Kier alpha value is -1.46. The van der Waals surface area contributed by atoms with Gasteiger partial charge in [-0.15, -0.1) is 0 Å². The van der Waals surface area contributed by atoms with Gasteiger partial charge in [-0.3, -0.25) is 4.79 Å². The highest BCUT2D eigenvalue weighted by molar-refractivity contribution is 5.37. The molecule has 1 fully saturated rings. The maximum absolute atomic E-state index is 13.3. The van der Waals surface area contributed by atoms with Crippen LogP contribution in [0.3, 0.4) is 0 Å². The van der Waals surface area contributed by atoms with Crippen LogP contribution >= 0.6 is 0 Å². The number of carbonyl (C=O) groups is 1. The Balaban J connectivity index is 0.000000270. The Kier molecular flexibility index (Phi) is 6.78. The first-order valence-corrected chi connectivity index (χ1v) is 7.11. The molecule has 2 rings (SSSR count). The SMILES string of the molecule is CC(C)(C)OC=O.OCc1ccc(C2CCCN2)cc1F. The van der Waals surface area contributed by atoms with Crippen LogP contribution in [0.15, 0.2) is 18.2 Å².